The van der Waals surface area contributed by atoms with E-state index in [2.05, 4.69) is 5.32 Å². The molecule has 0 atom stereocenters. The number of carbonyl (C=O) groups is 1. The standard InChI is InChI=1S/C18H26N2O3/c1-2-9-19-18(22)17-14-6-4-3-5-10-20(14)16(21)11-15(17)23-12-13-7-8-13/h11,13H,2-10,12H2,1H3,(H,19,22). The van der Waals surface area contributed by atoms with Gasteiger partial charge in [-0.1, -0.05) is 13.3 Å². The van der Waals surface area contributed by atoms with E-state index in [9.17, 15) is 9.59 Å². The SMILES string of the molecule is CCCNC(=O)c1c(OCC2CC2)cc(=O)n2c1CCCCC2. The van der Waals surface area contributed by atoms with Gasteiger partial charge < -0.3 is 14.6 Å². The fraction of sp³-hybridized carbons (Fsp3) is 0.667. The van der Waals surface area contributed by atoms with Gasteiger partial charge in [0.2, 0.25) is 0 Å². The minimum atomic E-state index is -0.108. The topological polar surface area (TPSA) is 60.3 Å². The molecule has 1 aromatic heterocycles. The van der Waals surface area contributed by atoms with Crippen molar-refractivity contribution < 1.29 is 9.53 Å². The van der Waals surface area contributed by atoms with E-state index >= 15 is 0 Å². The van der Waals surface area contributed by atoms with E-state index in [1.54, 1.807) is 4.57 Å². The number of nitrogens with one attached hydrogen (secondary N) is 1. The zero-order chi connectivity index (χ0) is 16.2. The molecular weight excluding hydrogens is 292 g/mol. The van der Waals surface area contributed by atoms with Gasteiger partial charge in [-0.25, -0.2) is 0 Å². The maximum Gasteiger partial charge on any atom is 0.256 e. The van der Waals surface area contributed by atoms with Crippen LogP contribution in [0.3, 0.4) is 0 Å². The van der Waals surface area contributed by atoms with Crippen molar-refractivity contribution in [2.75, 3.05) is 13.2 Å². The molecule has 5 nitrogen and oxygen atoms in total. The number of rotatable bonds is 6. The van der Waals surface area contributed by atoms with Crippen molar-refractivity contribution in [3.05, 3.63) is 27.7 Å². The molecule has 2 aliphatic rings. The Balaban J connectivity index is 1.98. The summed E-state index contributed by atoms with van der Waals surface area (Å²) in [5.41, 5.74) is 1.40. The second-order valence-corrected chi connectivity index (χ2v) is 6.64. The monoisotopic (exact) mass is 318 g/mol. The maximum absolute atomic E-state index is 12.7. The third kappa shape index (κ3) is 3.77. The first-order chi connectivity index (χ1) is 11.2. The summed E-state index contributed by atoms with van der Waals surface area (Å²) >= 11 is 0. The van der Waals surface area contributed by atoms with Gasteiger partial charge >= 0.3 is 0 Å². The Morgan fingerprint density at radius 1 is 1.35 bits per heavy atom. The first-order valence-electron chi connectivity index (χ1n) is 8.88. The molecule has 0 aromatic carbocycles. The van der Waals surface area contributed by atoms with Crippen LogP contribution in [-0.4, -0.2) is 23.6 Å². The van der Waals surface area contributed by atoms with E-state index in [0.717, 1.165) is 37.8 Å². The second kappa shape index (κ2) is 7.20. The summed E-state index contributed by atoms with van der Waals surface area (Å²) < 4.78 is 7.65. The average Bonchev–Trinajstić information content (AvgIpc) is 3.37. The highest BCUT2D eigenvalue weighted by molar-refractivity contribution is 5.98. The summed E-state index contributed by atoms with van der Waals surface area (Å²) in [6.07, 6.45) is 7.12. The molecule has 0 radical (unpaired) electrons. The summed E-state index contributed by atoms with van der Waals surface area (Å²) in [6, 6.07) is 1.51. The molecule has 1 N–H and O–H groups in total. The lowest BCUT2D eigenvalue weighted by molar-refractivity contribution is 0.0947. The van der Waals surface area contributed by atoms with Gasteiger partial charge in [0, 0.05) is 24.8 Å². The predicted molar refractivity (Wildman–Crippen MR) is 89.1 cm³/mol. The quantitative estimate of drug-likeness (QED) is 0.876. The van der Waals surface area contributed by atoms with Gasteiger partial charge in [-0.2, -0.15) is 0 Å². The largest absolute Gasteiger partial charge is 0.492 e. The number of ether oxygens (including phenoxy) is 1. The zero-order valence-corrected chi connectivity index (χ0v) is 13.9. The fourth-order valence-corrected chi connectivity index (χ4v) is 3.09. The average molecular weight is 318 g/mol. The summed E-state index contributed by atoms with van der Waals surface area (Å²) in [4.78, 5) is 25.1. The van der Waals surface area contributed by atoms with Crippen LogP contribution in [0, 0.1) is 5.92 Å². The number of fused-ring (bicyclic) bond motifs is 1. The molecule has 5 heteroatoms. The van der Waals surface area contributed by atoms with Gasteiger partial charge in [-0.15, -0.1) is 0 Å². The van der Waals surface area contributed by atoms with E-state index in [1.165, 1.54) is 18.9 Å². The molecule has 0 bridgehead atoms. The summed E-state index contributed by atoms with van der Waals surface area (Å²) in [5.74, 6) is 0.954. The molecule has 1 fully saturated rings. The minimum absolute atomic E-state index is 0.0419. The van der Waals surface area contributed by atoms with E-state index in [0.29, 0.717) is 36.9 Å². The number of carbonyl (C=O) groups excluding carboxylic acids is 1. The number of pyridine rings is 1. The van der Waals surface area contributed by atoms with Crippen molar-refractivity contribution in [3.63, 3.8) is 0 Å². The van der Waals surface area contributed by atoms with Crippen LogP contribution in [0.2, 0.25) is 0 Å². The molecule has 2 heterocycles. The molecule has 3 rings (SSSR count). The van der Waals surface area contributed by atoms with Gasteiger partial charge in [0.05, 0.1) is 6.61 Å². The molecule has 23 heavy (non-hydrogen) atoms. The smallest absolute Gasteiger partial charge is 0.256 e. The van der Waals surface area contributed by atoms with Gasteiger partial charge in [-0.05, 0) is 44.4 Å². The fourth-order valence-electron chi connectivity index (χ4n) is 3.09. The highest BCUT2D eigenvalue weighted by Gasteiger charge is 2.26. The van der Waals surface area contributed by atoms with Crippen LogP contribution in [0.15, 0.2) is 10.9 Å². The van der Waals surface area contributed by atoms with Gasteiger partial charge in [-0.3, -0.25) is 9.59 Å². The van der Waals surface area contributed by atoms with Crippen molar-refractivity contribution in [2.45, 2.75) is 58.4 Å². The molecule has 0 saturated heterocycles. The predicted octanol–water partition coefficient (Wildman–Crippen LogP) is 2.50. The zero-order valence-electron chi connectivity index (χ0n) is 13.9. The minimum Gasteiger partial charge on any atom is -0.492 e. The number of aromatic nitrogens is 1. The van der Waals surface area contributed by atoms with Crippen molar-refractivity contribution in [2.24, 2.45) is 5.92 Å². The Kier molecular flexibility index (Phi) is 5.03. The van der Waals surface area contributed by atoms with E-state index in [1.807, 2.05) is 6.92 Å². The van der Waals surface area contributed by atoms with Crippen LogP contribution in [0.25, 0.3) is 0 Å². The van der Waals surface area contributed by atoms with Crippen LogP contribution in [-0.2, 0) is 13.0 Å². The summed E-state index contributed by atoms with van der Waals surface area (Å²) in [7, 11) is 0. The van der Waals surface area contributed by atoms with E-state index in [-0.39, 0.29) is 11.5 Å². The lowest BCUT2D eigenvalue weighted by Gasteiger charge is -2.18. The molecular formula is C18H26N2O3. The number of hydrogen-bond donors (Lipinski definition) is 1. The first-order valence-corrected chi connectivity index (χ1v) is 8.88. The van der Waals surface area contributed by atoms with Crippen LogP contribution in [0.1, 0.15) is 61.5 Å². The summed E-state index contributed by atoms with van der Waals surface area (Å²) in [6.45, 7) is 3.97. The lowest BCUT2D eigenvalue weighted by Crippen LogP contribution is -2.31. The van der Waals surface area contributed by atoms with E-state index < -0.39 is 0 Å². The third-order valence-corrected chi connectivity index (χ3v) is 4.61. The second-order valence-electron chi connectivity index (χ2n) is 6.64. The van der Waals surface area contributed by atoms with Crippen molar-refractivity contribution in [1.29, 1.82) is 0 Å². The van der Waals surface area contributed by atoms with Gasteiger partial charge in [0.15, 0.2) is 0 Å². The Bertz CT molecular complexity index is 632. The van der Waals surface area contributed by atoms with Crippen LogP contribution in [0.4, 0.5) is 0 Å². The first kappa shape index (κ1) is 16.1. The van der Waals surface area contributed by atoms with Crippen molar-refractivity contribution in [3.8, 4) is 5.75 Å². The van der Waals surface area contributed by atoms with Crippen LogP contribution >= 0.6 is 0 Å². The van der Waals surface area contributed by atoms with E-state index in [4.69, 9.17) is 4.74 Å². The Morgan fingerprint density at radius 2 is 2.17 bits per heavy atom. The Hall–Kier alpha value is -1.78. The molecule has 1 amide bonds. The molecule has 0 spiro atoms. The number of hydrogen-bond acceptors (Lipinski definition) is 3. The molecule has 1 aliphatic carbocycles. The molecule has 126 valence electrons. The third-order valence-electron chi connectivity index (χ3n) is 4.61. The molecule has 1 saturated carbocycles. The highest BCUT2D eigenvalue weighted by Crippen LogP contribution is 2.31. The molecule has 1 aromatic rings. The number of nitrogens with zero attached hydrogens (tertiary/aromatic N) is 1. The lowest BCUT2D eigenvalue weighted by atomic mass is 10.1. The highest BCUT2D eigenvalue weighted by atomic mass is 16.5. The Labute approximate surface area is 137 Å². The van der Waals surface area contributed by atoms with Gasteiger partial charge in [0.1, 0.15) is 11.3 Å². The molecule has 1 aliphatic heterocycles. The van der Waals surface area contributed by atoms with Crippen LogP contribution in [0.5, 0.6) is 5.75 Å². The van der Waals surface area contributed by atoms with Crippen LogP contribution < -0.4 is 15.6 Å². The maximum atomic E-state index is 12.7. The normalized spacial score (nSPS) is 17.3. The number of amides is 1. The van der Waals surface area contributed by atoms with Crippen molar-refractivity contribution in [1.82, 2.24) is 9.88 Å². The Morgan fingerprint density at radius 3 is 2.91 bits per heavy atom. The van der Waals surface area contributed by atoms with Crippen molar-refractivity contribution >= 4 is 5.91 Å². The summed E-state index contributed by atoms with van der Waals surface area (Å²) in [5, 5.41) is 2.95. The molecule has 0 unspecified atom stereocenters. The van der Waals surface area contributed by atoms with Gasteiger partial charge in [0.25, 0.3) is 11.5 Å².